The lowest BCUT2D eigenvalue weighted by Gasteiger charge is -2.25. The van der Waals surface area contributed by atoms with E-state index in [0.29, 0.717) is 11.7 Å². The molecule has 0 atom stereocenters. The van der Waals surface area contributed by atoms with Crippen molar-refractivity contribution in [2.24, 2.45) is 0 Å². The van der Waals surface area contributed by atoms with E-state index in [1.807, 2.05) is 12.1 Å². The summed E-state index contributed by atoms with van der Waals surface area (Å²) in [7, 11) is 0. The maximum Gasteiger partial charge on any atom is 0.241 e. The summed E-state index contributed by atoms with van der Waals surface area (Å²) in [4.78, 5) is 7.78. The van der Waals surface area contributed by atoms with Gasteiger partial charge in [0.05, 0.1) is 15.2 Å². The van der Waals surface area contributed by atoms with Crippen LogP contribution < -0.4 is 5.32 Å². The zero-order chi connectivity index (χ0) is 12.4. The van der Waals surface area contributed by atoms with Crippen LogP contribution in [0.5, 0.6) is 0 Å². The summed E-state index contributed by atoms with van der Waals surface area (Å²) in [5.74, 6) is 1.37. The highest BCUT2D eigenvalue weighted by Crippen LogP contribution is 2.29. The monoisotopic (exact) mass is 328 g/mol. The summed E-state index contributed by atoms with van der Waals surface area (Å²) in [6, 6.07) is 3.99. The minimum Gasteiger partial charge on any atom is -0.338 e. The highest BCUT2D eigenvalue weighted by Gasteiger charge is 2.15. The summed E-state index contributed by atoms with van der Waals surface area (Å²) in [6.45, 7) is 4.85. The number of halogens is 1. The normalized spacial score (nSPS) is 17.2. The van der Waals surface area contributed by atoms with Crippen molar-refractivity contribution in [3.8, 4) is 10.7 Å². The number of thiophene rings is 1. The van der Waals surface area contributed by atoms with E-state index >= 15 is 0 Å². The quantitative estimate of drug-likeness (QED) is 0.933. The lowest BCUT2D eigenvalue weighted by atomic mass is 10.3. The van der Waals surface area contributed by atoms with Crippen LogP contribution in [0.1, 0.15) is 5.89 Å². The summed E-state index contributed by atoms with van der Waals surface area (Å²) >= 11 is 5.04. The Balaban J connectivity index is 1.69. The zero-order valence-electron chi connectivity index (χ0n) is 9.73. The van der Waals surface area contributed by atoms with Crippen molar-refractivity contribution in [2.45, 2.75) is 6.54 Å². The van der Waals surface area contributed by atoms with Crippen LogP contribution in [0.3, 0.4) is 0 Å². The highest BCUT2D eigenvalue weighted by atomic mass is 79.9. The molecule has 2 aromatic rings. The second kappa shape index (κ2) is 5.48. The van der Waals surface area contributed by atoms with Gasteiger partial charge in [-0.1, -0.05) is 5.16 Å². The van der Waals surface area contributed by atoms with Crippen molar-refractivity contribution in [3.05, 3.63) is 21.8 Å². The number of hydrogen-bond acceptors (Lipinski definition) is 6. The van der Waals surface area contributed by atoms with Crippen molar-refractivity contribution >= 4 is 27.3 Å². The molecule has 3 heterocycles. The molecule has 1 aliphatic rings. The van der Waals surface area contributed by atoms with Crippen LogP contribution in [0.4, 0.5) is 0 Å². The van der Waals surface area contributed by atoms with Gasteiger partial charge in [0.25, 0.3) is 0 Å². The molecule has 1 aliphatic heterocycles. The molecule has 0 radical (unpaired) electrons. The number of rotatable bonds is 3. The molecule has 0 amide bonds. The van der Waals surface area contributed by atoms with Gasteiger partial charge in [-0.15, -0.1) is 11.3 Å². The lowest BCUT2D eigenvalue weighted by molar-refractivity contribution is 0.203. The third-order valence-corrected chi connectivity index (χ3v) is 4.45. The minimum absolute atomic E-state index is 0.677. The molecule has 0 saturated carbocycles. The van der Waals surface area contributed by atoms with Crippen molar-refractivity contribution in [1.29, 1.82) is 0 Å². The average Bonchev–Trinajstić information content (AvgIpc) is 2.99. The molecule has 0 bridgehead atoms. The number of hydrogen-bond donors (Lipinski definition) is 1. The molecule has 0 unspecified atom stereocenters. The van der Waals surface area contributed by atoms with Crippen molar-refractivity contribution in [2.75, 3.05) is 26.2 Å². The van der Waals surface area contributed by atoms with Crippen LogP contribution in [0.2, 0.25) is 0 Å². The molecule has 0 aliphatic carbocycles. The van der Waals surface area contributed by atoms with Gasteiger partial charge in [-0.25, -0.2) is 0 Å². The predicted octanol–water partition coefficient (Wildman–Crippen LogP) is 1.97. The van der Waals surface area contributed by atoms with Crippen LogP contribution in [0, 0.1) is 0 Å². The summed E-state index contributed by atoms with van der Waals surface area (Å²) in [6.07, 6.45) is 0. The molecule has 96 valence electrons. The molecule has 1 saturated heterocycles. The first-order valence-electron chi connectivity index (χ1n) is 5.82. The Morgan fingerprint density at radius 2 is 2.22 bits per heavy atom. The van der Waals surface area contributed by atoms with Crippen molar-refractivity contribution in [3.63, 3.8) is 0 Å². The Kier molecular flexibility index (Phi) is 3.74. The first-order chi connectivity index (χ1) is 8.81. The lowest BCUT2D eigenvalue weighted by Crippen LogP contribution is -2.42. The van der Waals surface area contributed by atoms with Gasteiger partial charge in [0.1, 0.15) is 0 Å². The van der Waals surface area contributed by atoms with Crippen LogP contribution in [0.15, 0.2) is 20.4 Å². The smallest absolute Gasteiger partial charge is 0.241 e. The van der Waals surface area contributed by atoms with E-state index in [0.717, 1.165) is 41.4 Å². The minimum atomic E-state index is 0.677. The summed E-state index contributed by atoms with van der Waals surface area (Å²) in [5, 5.41) is 7.35. The largest absolute Gasteiger partial charge is 0.338 e. The molecule has 0 aromatic carbocycles. The number of aromatic nitrogens is 2. The average molecular weight is 329 g/mol. The van der Waals surface area contributed by atoms with E-state index < -0.39 is 0 Å². The van der Waals surface area contributed by atoms with Crippen LogP contribution in [0.25, 0.3) is 10.7 Å². The fraction of sp³-hybridized carbons (Fsp3) is 0.455. The number of nitrogens with one attached hydrogen (secondary N) is 1. The first kappa shape index (κ1) is 12.3. The number of piperazine rings is 1. The Morgan fingerprint density at radius 3 is 2.94 bits per heavy atom. The zero-order valence-corrected chi connectivity index (χ0v) is 12.1. The van der Waals surface area contributed by atoms with E-state index in [2.05, 4.69) is 36.3 Å². The Hall–Kier alpha value is -0.760. The van der Waals surface area contributed by atoms with Crippen molar-refractivity contribution in [1.82, 2.24) is 20.4 Å². The molecule has 0 spiro atoms. The van der Waals surface area contributed by atoms with Crippen molar-refractivity contribution < 1.29 is 4.52 Å². The Labute approximate surface area is 117 Å². The summed E-state index contributed by atoms with van der Waals surface area (Å²) in [5.41, 5.74) is 0. The Morgan fingerprint density at radius 1 is 1.39 bits per heavy atom. The molecule has 7 heteroatoms. The van der Waals surface area contributed by atoms with E-state index in [1.54, 1.807) is 11.3 Å². The maximum absolute atomic E-state index is 5.30. The maximum atomic E-state index is 5.30. The topological polar surface area (TPSA) is 54.2 Å². The third-order valence-electron chi connectivity index (χ3n) is 2.83. The molecule has 1 fully saturated rings. The van der Waals surface area contributed by atoms with E-state index in [-0.39, 0.29) is 0 Å². The molecule has 5 nitrogen and oxygen atoms in total. The number of nitrogens with zero attached hydrogens (tertiary/aromatic N) is 3. The fourth-order valence-corrected chi connectivity index (χ4v) is 3.23. The highest BCUT2D eigenvalue weighted by molar-refractivity contribution is 9.11. The van der Waals surface area contributed by atoms with Gasteiger partial charge >= 0.3 is 0 Å². The molecule has 1 N–H and O–H groups in total. The predicted molar refractivity (Wildman–Crippen MR) is 73.5 cm³/mol. The fourth-order valence-electron chi connectivity index (χ4n) is 1.91. The first-order valence-corrected chi connectivity index (χ1v) is 7.43. The standard InChI is InChI=1S/C11H13BrN4OS/c12-9-2-1-8(18-9)11-14-10(17-15-11)7-16-5-3-13-4-6-16/h1-2,13H,3-7H2. The van der Waals surface area contributed by atoms with Gasteiger partial charge < -0.3 is 9.84 Å². The van der Waals surface area contributed by atoms with Crippen LogP contribution in [-0.4, -0.2) is 41.2 Å². The van der Waals surface area contributed by atoms with Gasteiger partial charge in [-0.3, -0.25) is 4.90 Å². The second-order valence-corrected chi connectivity index (χ2v) is 6.60. The van der Waals surface area contributed by atoms with Gasteiger partial charge in [-0.05, 0) is 28.1 Å². The Bertz CT molecular complexity index is 521. The molecular weight excluding hydrogens is 316 g/mol. The van der Waals surface area contributed by atoms with Gasteiger partial charge in [0.15, 0.2) is 0 Å². The second-order valence-electron chi connectivity index (χ2n) is 4.14. The molecule has 3 rings (SSSR count). The SMILES string of the molecule is Brc1ccc(-c2noc(CN3CCNCC3)n2)s1. The summed E-state index contributed by atoms with van der Waals surface area (Å²) < 4.78 is 6.37. The van der Waals surface area contributed by atoms with E-state index in [9.17, 15) is 0 Å². The third kappa shape index (κ3) is 2.80. The molecule has 18 heavy (non-hydrogen) atoms. The molecule has 2 aromatic heterocycles. The molecular formula is C11H13BrN4OS. The van der Waals surface area contributed by atoms with Crippen LogP contribution in [-0.2, 0) is 6.54 Å². The van der Waals surface area contributed by atoms with Crippen LogP contribution >= 0.6 is 27.3 Å². The van der Waals surface area contributed by atoms with Gasteiger partial charge in [0.2, 0.25) is 11.7 Å². The van der Waals surface area contributed by atoms with E-state index in [1.165, 1.54) is 0 Å². The van der Waals surface area contributed by atoms with Gasteiger partial charge in [0, 0.05) is 26.2 Å². The van der Waals surface area contributed by atoms with Gasteiger partial charge in [-0.2, -0.15) is 4.98 Å². The van der Waals surface area contributed by atoms with E-state index in [4.69, 9.17) is 4.52 Å².